The minimum absolute atomic E-state index is 0.171. The predicted octanol–water partition coefficient (Wildman–Crippen LogP) is 0.765. The summed E-state index contributed by atoms with van der Waals surface area (Å²) in [7, 11) is 1.27. The Balaban J connectivity index is 2.88. The minimum atomic E-state index is -0.836. The molecule has 7 nitrogen and oxygen atoms in total. The van der Waals surface area contributed by atoms with E-state index in [9.17, 15) is 14.4 Å². The molecule has 0 aliphatic rings. The first-order valence-corrected chi connectivity index (χ1v) is 8.72. The van der Waals surface area contributed by atoms with Gasteiger partial charge < -0.3 is 21.1 Å². The number of nitrogens with one attached hydrogen (secondary N) is 2. The van der Waals surface area contributed by atoms with Crippen LogP contribution in [0, 0.1) is 5.92 Å². The summed E-state index contributed by atoms with van der Waals surface area (Å²) in [6.45, 7) is 5.44. The van der Waals surface area contributed by atoms with E-state index in [2.05, 4.69) is 10.6 Å². The Morgan fingerprint density at radius 1 is 1.00 bits per heavy atom. The number of ether oxygens (including phenoxy) is 1. The number of esters is 1. The van der Waals surface area contributed by atoms with Crippen molar-refractivity contribution in [3.05, 3.63) is 35.9 Å². The molecule has 0 aromatic heterocycles. The van der Waals surface area contributed by atoms with Crippen LogP contribution in [0.3, 0.4) is 0 Å². The number of methoxy groups -OCH3 is 1. The molecule has 0 saturated carbocycles. The summed E-state index contributed by atoms with van der Waals surface area (Å²) in [5.41, 5.74) is 6.46. The number of hydrogen-bond acceptors (Lipinski definition) is 5. The van der Waals surface area contributed by atoms with Gasteiger partial charge in [-0.3, -0.25) is 9.59 Å². The number of benzene rings is 1. The van der Waals surface area contributed by atoms with Crippen molar-refractivity contribution in [3.63, 3.8) is 0 Å². The third kappa shape index (κ3) is 7.23. The largest absolute Gasteiger partial charge is 0.467 e. The van der Waals surface area contributed by atoms with Crippen LogP contribution in [0.15, 0.2) is 30.3 Å². The van der Waals surface area contributed by atoms with Gasteiger partial charge in [-0.2, -0.15) is 0 Å². The van der Waals surface area contributed by atoms with Crippen molar-refractivity contribution >= 4 is 17.8 Å². The summed E-state index contributed by atoms with van der Waals surface area (Å²) >= 11 is 0. The van der Waals surface area contributed by atoms with E-state index in [0.29, 0.717) is 12.8 Å². The van der Waals surface area contributed by atoms with Gasteiger partial charge in [0.2, 0.25) is 11.8 Å². The van der Waals surface area contributed by atoms with E-state index in [1.165, 1.54) is 7.11 Å². The molecule has 0 radical (unpaired) electrons. The second-order valence-electron chi connectivity index (χ2n) is 6.75. The van der Waals surface area contributed by atoms with Crippen molar-refractivity contribution in [2.75, 3.05) is 7.11 Å². The van der Waals surface area contributed by atoms with E-state index in [4.69, 9.17) is 10.5 Å². The number of carbonyl (C=O) groups is 3. The topological polar surface area (TPSA) is 111 Å². The van der Waals surface area contributed by atoms with Gasteiger partial charge in [0, 0.05) is 6.42 Å². The third-order valence-electron chi connectivity index (χ3n) is 3.84. The van der Waals surface area contributed by atoms with Crippen molar-refractivity contribution in [2.24, 2.45) is 11.7 Å². The van der Waals surface area contributed by atoms with Gasteiger partial charge in [-0.15, -0.1) is 0 Å². The molecule has 1 rings (SSSR count). The SMILES string of the molecule is COC(=O)[C@H](Cc1ccccc1)NC(=O)[C@H](CC(C)C)NC(=O)[C@H](C)N. The lowest BCUT2D eigenvalue weighted by Crippen LogP contribution is -2.54. The van der Waals surface area contributed by atoms with Crippen molar-refractivity contribution in [1.29, 1.82) is 0 Å². The Kier molecular flexibility index (Phi) is 8.78. The van der Waals surface area contributed by atoms with Gasteiger partial charge in [0.1, 0.15) is 12.1 Å². The summed E-state index contributed by atoms with van der Waals surface area (Å²) in [6, 6.07) is 6.99. The molecule has 1 aromatic rings. The molecule has 144 valence electrons. The number of nitrogens with two attached hydrogens (primary N) is 1. The van der Waals surface area contributed by atoms with Crippen molar-refractivity contribution in [3.8, 4) is 0 Å². The summed E-state index contributed by atoms with van der Waals surface area (Å²) in [5, 5.41) is 5.34. The van der Waals surface area contributed by atoms with Gasteiger partial charge in [0.25, 0.3) is 0 Å². The summed E-state index contributed by atoms with van der Waals surface area (Å²) < 4.78 is 4.80. The van der Waals surface area contributed by atoms with Crippen molar-refractivity contribution in [1.82, 2.24) is 10.6 Å². The molecule has 0 heterocycles. The third-order valence-corrected chi connectivity index (χ3v) is 3.84. The monoisotopic (exact) mass is 363 g/mol. The molecule has 0 unspecified atom stereocenters. The fourth-order valence-electron chi connectivity index (χ4n) is 2.46. The quantitative estimate of drug-likeness (QED) is 0.561. The molecule has 2 amide bonds. The highest BCUT2D eigenvalue weighted by molar-refractivity contribution is 5.91. The molecule has 4 N–H and O–H groups in total. The standard InChI is InChI=1S/C19H29N3O4/c1-12(2)10-15(21-17(23)13(3)20)18(24)22-16(19(25)26-4)11-14-8-6-5-7-9-14/h5-9,12-13,15-16H,10-11,20H2,1-4H3,(H,21,23)(H,22,24)/t13-,15-,16-/m0/s1. The van der Waals surface area contributed by atoms with Crippen LogP contribution in [0.25, 0.3) is 0 Å². The van der Waals surface area contributed by atoms with Gasteiger partial charge in [0.05, 0.1) is 13.2 Å². The van der Waals surface area contributed by atoms with E-state index in [1.807, 2.05) is 44.2 Å². The lowest BCUT2D eigenvalue weighted by molar-refractivity contribution is -0.145. The number of rotatable bonds is 9. The molecule has 0 fully saturated rings. The average Bonchev–Trinajstić information content (AvgIpc) is 2.60. The Morgan fingerprint density at radius 3 is 2.08 bits per heavy atom. The first-order chi connectivity index (χ1) is 12.2. The second kappa shape index (κ2) is 10.6. The molecule has 0 bridgehead atoms. The van der Waals surface area contributed by atoms with Crippen LogP contribution in [0.2, 0.25) is 0 Å². The molecule has 26 heavy (non-hydrogen) atoms. The zero-order valence-corrected chi connectivity index (χ0v) is 15.8. The zero-order chi connectivity index (χ0) is 19.7. The van der Waals surface area contributed by atoms with Crippen molar-refractivity contribution < 1.29 is 19.1 Å². The van der Waals surface area contributed by atoms with Gasteiger partial charge in [-0.25, -0.2) is 4.79 Å². The maximum Gasteiger partial charge on any atom is 0.328 e. The molecule has 0 aliphatic heterocycles. The van der Waals surface area contributed by atoms with Gasteiger partial charge >= 0.3 is 5.97 Å². The predicted molar refractivity (Wildman–Crippen MR) is 99.1 cm³/mol. The lowest BCUT2D eigenvalue weighted by atomic mass is 10.0. The van der Waals surface area contributed by atoms with E-state index in [-0.39, 0.29) is 5.92 Å². The molecular weight excluding hydrogens is 334 g/mol. The summed E-state index contributed by atoms with van der Waals surface area (Å²) in [5.74, 6) is -1.21. The average molecular weight is 363 g/mol. The van der Waals surface area contributed by atoms with Crippen LogP contribution < -0.4 is 16.4 Å². The highest BCUT2D eigenvalue weighted by Gasteiger charge is 2.28. The number of hydrogen-bond donors (Lipinski definition) is 3. The Morgan fingerprint density at radius 2 is 1.58 bits per heavy atom. The van der Waals surface area contributed by atoms with Crippen molar-refractivity contribution in [2.45, 2.75) is 51.7 Å². The van der Waals surface area contributed by atoms with Crippen LogP contribution in [0.4, 0.5) is 0 Å². The zero-order valence-electron chi connectivity index (χ0n) is 15.8. The lowest BCUT2D eigenvalue weighted by Gasteiger charge is -2.24. The molecule has 0 spiro atoms. The summed E-state index contributed by atoms with van der Waals surface area (Å²) in [6.07, 6.45) is 0.735. The molecule has 0 saturated heterocycles. The van der Waals surface area contributed by atoms with E-state index in [1.54, 1.807) is 6.92 Å². The normalized spacial score (nSPS) is 14.2. The molecule has 7 heteroatoms. The maximum absolute atomic E-state index is 12.7. The van der Waals surface area contributed by atoms with Crippen LogP contribution in [-0.2, 0) is 25.5 Å². The van der Waals surface area contributed by atoms with Crippen LogP contribution in [0.1, 0.15) is 32.8 Å². The first-order valence-electron chi connectivity index (χ1n) is 8.72. The van der Waals surface area contributed by atoms with Gasteiger partial charge in [-0.05, 0) is 24.8 Å². The molecule has 3 atom stereocenters. The molecule has 0 aliphatic carbocycles. The molecule has 1 aromatic carbocycles. The Hall–Kier alpha value is -2.41. The Labute approximate surface area is 154 Å². The Bertz CT molecular complexity index is 602. The van der Waals surface area contributed by atoms with Gasteiger partial charge in [-0.1, -0.05) is 44.2 Å². The van der Waals surface area contributed by atoms with Crippen LogP contribution in [-0.4, -0.2) is 43.0 Å². The van der Waals surface area contributed by atoms with Crippen LogP contribution in [0.5, 0.6) is 0 Å². The summed E-state index contributed by atoms with van der Waals surface area (Å²) in [4.78, 5) is 36.7. The maximum atomic E-state index is 12.7. The fourth-order valence-corrected chi connectivity index (χ4v) is 2.46. The van der Waals surface area contributed by atoms with E-state index >= 15 is 0 Å². The second-order valence-corrected chi connectivity index (χ2v) is 6.75. The number of carbonyl (C=O) groups excluding carboxylic acids is 3. The van der Waals surface area contributed by atoms with E-state index in [0.717, 1.165) is 5.56 Å². The number of amides is 2. The highest BCUT2D eigenvalue weighted by Crippen LogP contribution is 2.08. The minimum Gasteiger partial charge on any atom is -0.467 e. The van der Waals surface area contributed by atoms with E-state index < -0.39 is 35.9 Å². The smallest absolute Gasteiger partial charge is 0.328 e. The molecular formula is C19H29N3O4. The first kappa shape index (κ1) is 21.6. The van der Waals surface area contributed by atoms with Crippen LogP contribution >= 0.6 is 0 Å². The fraction of sp³-hybridized carbons (Fsp3) is 0.526. The highest BCUT2D eigenvalue weighted by atomic mass is 16.5. The van der Waals surface area contributed by atoms with Gasteiger partial charge in [0.15, 0.2) is 0 Å².